The Labute approximate surface area is 472 Å². The summed E-state index contributed by atoms with van der Waals surface area (Å²) in [5.41, 5.74) is 3.23. The van der Waals surface area contributed by atoms with Crippen LogP contribution < -0.4 is 37.2 Å². The van der Waals surface area contributed by atoms with Gasteiger partial charge in [-0.1, -0.05) is 90.1 Å². The fraction of sp³-hybridized carbons (Fsp3) is 0.569. The molecule has 1 aromatic heterocycles. The number of hydrogen-bond donors (Lipinski definition) is 7. The molecule has 2 aliphatic heterocycles. The zero-order valence-corrected chi connectivity index (χ0v) is 48.5. The number of benzene rings is 2. The van der Waals surface area contributed by atoms with E-state index < -0.39 is 76.8 Å². The Kier molecular flexibility index (Phi) is 21.6. The van der Waals surface area contributed by atoms with Crippen molar-refractivity contribution < 1.29 is 38.4 Å². The number of likely N-dealkylation sites (N-methyl/N-ethyl adjacent to an activating group) is 2. The van der Waals surface area contributed by atoms with Crippen LogP contribution in [0.2, 0.25) is 0 Å². The minimum absolute atomic E-state index is 0. The summed E-state index contributed by atoms with van der Waals surface area (Å²) in [4.78, 5) is 120. The molecule has 0 bridgehead atoms. The number of nitrogens with zero attached hydrogens (tertiary/aromatic N) is 3. The van der Waals surface area contributed by atoms with Crippen LogP contribution in [0.3, 0.4) is 0 Å². The predicted octanol–water partition coefficient (Wildman–Crippen LogP) is 5.08. The highest BCUT2D eigenvalue weighted by atomic mass is 35.5. The van der Waals surface area contributed by atoms with Crippen LogP contribution in [0.15, 0.2) is 66.9 Å². The lowest BCUT2D eigenvalue weighted by Gasteiger charge is -2.36. The number of hydrogen-bond acceptors (Lipinski definition) is 11. The molecule has 0 saturated carbocycles. The zero-order chi connectivity index (χ0) is 55.2. The van der Waals surface area contributed by atoms with Gasteiger partial charge in [-0.05, 0) is 130 Å². The molecule has 0 unspecified atom stereocenters. The second-order valence-corrected chi connectivity index (χ2v) is 23.5. The number of carbonyl (C=O) groups is 8. The predicted molar refractivity (Wildman–Crippen MR) is 303 cm³/mol. The summed E-state index contributed by atoms with van der Waals surface area (Å²) < 4.78 is 0. The first-order valence-electron chi connectivity index (χ1n) is 27.1. The van der Waals surface area contributed by atoms with Crippen molar-refractivity contribution in [1.82, 2.24) is 52.0 Å². The molecule has 2 aliphatic carbocycles. The second-order valence-electron chi connectivity index (χ2n) is 23.5. The Balaban J connectivity index is 0.00000560. The van der Waals surface area contributed by atoms with Gasteiger partial charge in [0, 0.05) is 31.7 Å². The minimum atomic E-state index is -0.985. The van der Waals surface area contributed by atoms with Crippen molar-refractivity contribution in [3.8, 4) is 0 Å². The van der Waals surface area contributed by atoms with E-state index in [1.165, 1.54) is 39.3 Å². The van der Waals surface area contributed by atoms with Gasteiger partial charge in [0.25, 0.3) is 5.91 Å². The fourth-order valence-corrected chi connectivity index (χ4v) is 11.1. The SMILES string of the molecule is CN[C@@H](C)C(=O)N[C@H](C(=O)N1C[C@H](CC(=O)c2ccc(C(=O)N[C@H]3C[C@@H](C(=O)N[C@@H]4CCCc5ccccc54)N(C(=O)[C@@H](NC(=O)[C@H](C)NC)C(C)(C)C)C3)cn2)C[C@H]1C(=O)N[C@@H]1CCCc2ccccc21)C(C)(C)C.Cl.Cl. The van der Waals surface area contributed by atoms with E-state index >= 15 is 0 Å². The van der Waals surface area contributed by atoms with Crippen LogP contribution in [-0.2, 0) is 41.6 Å². The van der Waals surface area contributed by atoms with E-state index in [-0.39, 0.29) is 110 Å². The van der Waals surface area contributed by atoms with Gasteiger partial charge in [-0.3, -0.25) is 43.3 Å². The second kappa shape index (κ2) is 26.8. The summed E-state index contributed by atoms with van der Waals surface area (Å²) in [5, 5.41) is 21.1. The molecule has 7 rings (SSSR count). The Hall–Kier alpha value is -5.95. The number of likely N-dealkylation sites (tertiary alicyclic amines) is 2. The van der Waals surface area contributed by atoms with Crippen LogP contribution >= 0.6 is 24.8 Å². The highest BCUT2D eigenvalue weighted by Crippen LogP contribution is 2.35. The Morgan fingerprint density at radius 1 is 0.615 bits per heavy atom. The molecule has 0 radical (unpaired) electrons. The lowest BCUT2D eigenvalue weighted by molar-refractivity contribution is -0.144. The molecular weight excluding hydrogens is 1040 g/mol. The van der Waals surface area contributed by atoms with E-state index in [0.29, 0.717) is 0 Å². The normalized spacial score (nSPS) is 22.3. The maximum Gasteiger partial charge on any atom is 0.253 e. The van der Waals surface area contributed by atoms with Crippen LogP contribution in [0.5, 0.6) is 0 Å². The van der Waals surface area contributed by atoms with Crippen molar-refractivity contribution in [3.05, 3.63) is 100 Å². The lowest BCUT2D eigenvalue weighted by atomic mass is 9.85. The van der Waals surface area contributed by atoms with E-state index in [9.17, 15) is 38.4 Å². The average Bonchev–Trinajstić information content (AvgIpc) is 4.03. The monoisotopic (exact) mass is 1120 g/mol. The van der Waals surface area contributed by atoms with Crippen LogP contribution in [0.25, 0.3) is 0 Å². The maximum absolute atomic E-state index is 14.7. The van der Waals surface area contributed by atoms with E-state index in [4.69, 9.17) is 0 Å². The number of amides is 7. The molecule has 426 valence electrons. The van der Waals surface area contributed by atoms with Gasteiger partial charge in [-0.2, -0.15) is 0 Å². The Morgan fingerprint density at radius 2 is 1.08 bits per heavy atom. The summed E-state index contributed by atoms with van der Waals surface area (Å²) >= 11 is 0. The van der Waals surface area contributed by atoms with Gasteiger partial charge < -0.3 is 47.0 Å². The van der Waals surface area contributed by atoms with Crippen molar-refractivity contribution in [3.63, 3.8) is 0 Å². The molecule has 2 saturated heterocycles. The molecule has 78 heavy (non-hydrogen) atoms. The van der Waals surface area contributed by atoms with Gasteiger partial charge in [-0.25, -0.2) is 0 Å². The third-order valence-electron chi connectivity index (χ3n) is 15.8. The lowest BCUT2D eigenvalue weighted by Crippen LogP contribution is -2.59. The molecule has 4 aliphatic rings. The maximum atomic E-state index is 14.7. The molecule has 2 aromatic carbocycles. The van der Waals surface area contributed by atoms with Crippen LogP contribution in [0, 0.1) is 16.7 Å². The first-order chi connectivity index (χ1) is 36.0. The van der Waals surface area contributed by atoms with Crippen molar-refractivity contribution in [2.45, 2.75) is 168 Å². The first kappa shape index (κ1) is 62.9. The summed E-state index contributed by atoms with van der Waals surface area (Å²) in [6.07, 6.45) is 6.69. The number of halogens is 2. The van der Waals surface area contributed by atoms with Crippen LogP contribution in [0.1, 0.15) is 156 Å². The molecule has 7 amide bonds. The number of ketones is 1. The van der Waals surface area contributed by atoms with Crippen molar-refractivity contribution in [1.29, 1.82) is 0 Å². The third kappa shape index (κ3) is 14.8. The van der Waals surface area contributed by atoms with E-state index in [0.717, 1.165) is 49.7 Å². The number of nitrogens with one attached hydrogen (secondary N) is 7. The topological polar surface area (TPSA) is 240 Å². The molecule has 7 N–H and O–H groups in total. The smallest absolute Gasteiger partial charge is 0.253 e. The van der Waals surface area contributed by atoms with Crippen LogP contribution in [0.4, 0.5) is 0 Å². The summed E-state index contributed by atoms with van der Waals surface area (Å²) in [6.45, 7) is 14.6. The summed E-state index contributed by atoms with van der Waals surface area (Å²) in [5.74, 6) is -3.52. The molecular formula is C58H82Cl2N10O8. The quantitative estimate of drug-likeness (QED) is 0.0880. The van der Waals surface area contributed by atoms with Gasteiger partial charge in [0.05, 0.1) is 29.7 Å². The fourth-order valence-electron chi connectivity index (χ4n) is 11.1. The molecule has 20 heteroatoms. The molecule has 18 nitrogen and oxygen atoms in total. The van der Waals surface area contributed by atoms with Crippen molar-refractivity contribution in [2.75, 3.05) is 27.2 Å². The van der Waals surface area contributed by atoms with Crippen molar-refractivity contribution >= 4 is 71.9 Å². The van der Waals surface area contributed by atoms with Gasteiger partial charge >= 0.3 is 0 Å². The number of aromatic nitrogens is 1. The number of aryl methyl sites for hydroxylation is 2. The van der Waals surface area contributed by atoms with Gasteiger partial charge in [0.2, 0.25) is 35.4 Å². The Bertz CT molecular complexity index is 2480. The van der Waals surface area contributed by atoms with Gasteiger partial charge in [-0.15, -0.1) is 24.8 Å². The van der Waals surface area contributed by atoms with Crippen molar-refractivity contribution in [2.24, 2.45) is 16.7 Å². The molecule has 0 spiro atoms. The average molecular weight is 1120 g/mol. The standard InChI is InChI=1S/C58H80N10O8.2ClH/c1-33(59-9)50(70)65-48(57(3,4)5)55(75)67-31-35(27-45(67)53(73)63-42-23-15-19-36-17-11-13-21-40(36)42)28-47(69)44-26-25-38(30-61-44)52(72)62-39-29-46(54(74)64-43-24-16-20-37-18-12-14-22-41(37)43)68(32-39)56(76)49(58(6,7)8)66-51(71)34(2)60-10;;/h11-14,17-18,21-22,25-26,30,33-35,39,42-43,45-46,48-49,59-60H,15-16,19-20,23-24,27-29,31-32H2,1-10H3,(H,62,72)(H,63,73)(H,64,74)(H,65,70)(H,66,71);2*1H/t33-,34-,35-,39-,42+,43+,45-,46-,48+,49+;;/m0../s1. The molecule has 3 aromatic rings. The number of carbonyl (C=O) groups excluding carboxylic acids is 8. The molecule has 3 heterocycles. The van der Waals surface area contributed by atoms with E-state index in [2.05, 4.69) is 54.3 Å². The first-order valence-corrected chi connectivity index (χ1v) is 27.1. The largest absolute Gasteiger partial charge is 0.347 e. The molecule has 2 fully saturated rings. The number of fused-ring (bicyclic) bond motifs is 2. The number of pyridine rings is 1. The van der Waals surface area contributed by atoms with E-state index in [1.807, 2.05) is 77.9 Å². The number of rotatable bonds is 17. The van der Waals surface area contributed by atoms with E-state index in [1.54, 1.807) is 27.9 Å². The zero-order valence-electron chi connectivity index (χ0n) is 46.8. The van der Waals surface area contributed by atoms with Gasteiger partial charge in [0.15, 0.2) is 5.78 Å². The number of Topliss-reactive ketones (excluding diaryl/α,β-unsaturated/α-hetero) is 1. The highest BCUT2D eigenvalue weighted by molar-refractivity contribution is 5.99. The summed E-state index contributed by atoms with van der Waals surface area (Å²) in [6, 6.07) is 12.9. The van der Waals surface area contributed by atoms with Gasteiger partial charge in [0.1, 0.15) is 29.9 Å². The molecule has 10 atom stereocenters. The minimum Gasteiger partial charge on any atom is -0.347 e. The third-order valence-corrected chi connectivity index (χ3v) is 15.8. The Morgan fingerprint density at radius 3 is 1.53 bits per heavy atom. The van der Waals surface area contributed by atoms with Crippen LogP contribution in [-0.4, -0.2) is 131 Å². The highest BCUT2D eigenvalue weighted by Gasteiger charge is 2.48. The summed E-state index contributed by atoms with van der Waals surface area (Å²) in [7, 11) is 3.31.